The molecule has 2 aromatic rings. The van der Waals surface area contributed by atoms with Crippen LogP contribution in [0.2, 0.25) is 0 Å². The number of amides is 1. The summed E-state index contributed by atoms with van der Waals surface area (Å²) in [6.45, 7) is 1.79. The van der Waals surface area contributed by atoms with Crippen molar-refractivity contribution in [1.29, 1.82) is 0 Å². The topological polar surface area (TPSA) is 84.7 Å². The molecule has 0 saturated carbocycles. The fourth-order valence-corrected chi connectivity index (χ4v) is 4.14. The van der Waals surface area contributed by atoms with Crippen LogP contribution in [-0.4, -0.2) is 57.2 Å². The van der Waals surface area contributed by atoms with Crippen LogP contribution in [0.15, 0.2) is 43.0 Å². The van der Waals surface area contributed by atoms with Gasteiger partial charge in [-0.15, -0.1) is 0 Å². The number of aromatic nitrogens is 2. The number of rotatable bonds is 4. The van der Waals surface area contributed by atoms with Gasteiger partial charge < -0.3 is 19.3 Å². The molecular weight excluding hydrogens is 346 g/mol. The molecule has 0 bridgehead atoms. The summed E-state index contributed by atoms with van der Waals surface area (Å²) in [6.07, 6.45) is 7.23. The van der Waals surface area contributed by atoms with Crippen molar-refractivity contribution < 1.29 is 19.4 Å². The third-order valence-corrected chi connectivity index (χ3v) is 5.66. The summed E-state index contributed by atoms with van der Waals surface area (Å²) in [5.74, 6) is -0.948. The second kappa shape index (κ2) is 7.52. The highest BCUT2D eigenvalue weighted by Crippen LogP contribution is 2.33. The first-order valence-electron chi connectivity index (χ1n) is 9.35. The Kier molecular flexibility index (Phi) is 4.94. The van der Waals surface area contributed by atoms with Crippen LogP contribution in [0.3, 0.4) is 0 Å². The average Bonchev–Trinajstić information content (AvgIpc) is 3.40. The number of likely N-dealkylation sites (tertiary alicyclic amines) is 1. The van der Waals surface area contributed by atoms with Gasteiger partial charge in [-0.05, 0) is 49.4 Å². The molecule has 2 atom stereocenters. The lowest BCUT2D eigenvalue weighted by molar-refractivity contribution is -0.145. The average molecular weight is 369 g/mol. The lowest BCUT2D eigenvalue weighted by Gasteiger charge is -2.35. The predicted octanol–water partition coefficient (Wildman–Crippen LogP) is 2.21. The van der Waals surface area contributed by atoms with Crippen LogP contribution in [0.5, 0.6) is 0 Å². The molecule has 2 saturated heterocycles. The third-order valence-electron chi connectivity index (χ3n) is 5.66. The van der Waals surface area contributed by atoms with E-state index in [1.165, 1.54) is 0 Å². The van der Waals surface area contributed by atoms with Crippen molar-refractivity contribution in [2.45, 2.75) is 25.4 Å². The van der Waals surface area contributed by atoms with Crippen LogP contribution in [0.4, 0.5) is 0 Å². The van der Waals surface area contributed by atoms with Gasteiger partial charge in [0.25, 0.3) is 5.91 Å². The van der Waals surface area contributed by atoms with Gasteiger partial charge in [-0.1, -0.05) is 0 Å². The zero-order valence-corrected chi connectivity index (χ0v) is 15.0. The molecule has 1 aromatic heterocycles. The number of carboxylic acid groups (broad SMARTS) is 1. The highest BCUT2D eigenvalue weighted by atomic mass is 16.5. The first-order chi connectivity index (χ1) is 13.1. The number of hydrogen-bond acceptors (Lipinski definition) is 4. The first kappa shape index (κ1) is 17.7. The van der Waals surface area contributed by atoms with E-state index in [2.05, 4.69) is 4.98 Å². The van der Waals surface area contributed by atoms with Crippen LogP contribution in [0.1, 0.15) is 29.6 Å². The van der Waals surface area contributed by atoms with Crippen molar-refractivity contribution in [3.63, 3.8) is 0 Å². The number of nitrogens with zero attached hydrogens (tertiary/aromatic N) is 3. The van der Waals surface area contributed by atoms with Gasteiger partial charge in [-0.25, -0.2) is 4.98 Å². The number of aliphatic carboxylic acids is 1. The second-order valence-electron chi connectivity index (χ2n) is 7.22. The summed E-state index contributed by atoms with van der Waals surface area (Å²) < 4.78 is 7.59. The molecule has 2 fully saturated rings. The quantitative estimate of drug-likeness (QED) is 0.893. The fourth-order valence-electron chi connectivity index (χ4n) is 4.14. The Morgan fingerprint density at radius 1 is 1.11 bits per heavy atom. The normalized spacial score (nSPS) is 23.5. The molecule has 3 heterocycles. The lowest BCUT2D eigenvalue weighted by atomic mass is 9.84. The van der Waals surface area contributed by atoms with Crippen LogP contribution >= 0.6 is 0 Å². The maximum absolute atomic E-state index is 12.8. The molecule has 27 heavy (non-hydrogen) atoms. The predicted molar refractivity (Wildman–Crippen MR) is 97.7 cm³/mol. The third kappa shape index (κ3) is 3.60. The summed E-state index contributed by atoms with van der Waals surface area (Å²) >= 11 is 0. The first-order valence-corrected chi connectivity index (χ1v) is 9.35. The number of ether oxygens (including phenoxy) is 1. The van der Waals surface area contributed by atoms with Gasteiger partial charge in [0, 0.05) is 43.3 Å². The molecule has 0 radical (unpaired) electrons. The Bertz CT molecular complexity index is 795. The minimum Gasteiger partial charge on any atom is -0.481 e. The van der Waals surface area contributed by atoms with Gasteiger partial charge in [0.05, 0.1) is 18.3 Å². The maximum atomic E-state index is 12.8. The Morgan fingerprint density at radius 2 is 1.85 bits per heavy atom. The van der Waals surface area contributed by atoms with E-state index >= 15 is 0 Å². The summed E-state index contributed by atoms with van der Waals surface area (Å²) in [7, 11) is 0. The maximum Gasteiger partial charge on any atom is 0.309 e. The molecule has 1 unspecified atom stereocenters. The molecule has 2 aliphatic heterocycles. The van der Waals surface area contributed by atoms with Gasteiger partial charge in [0.1, 0.15) is 0 Å². The van der Waals surface area contributed by atoms with Gasteiger partial charge in [-0.3, -0.25) is 9.59 Å². The molecule has 1 aromatic carbocycles. The van der Waals surface area contributed by atoms with Crippen molar-refractivity contribution in [3.05, 3.63) is 48.5 Å². The van der Waals surface area contributed by atoms with E-state index < -0.39 is 11.9 Å². The number of piperidine rings is 1. The second-order valence-corrected chi connectivity index (χ2v) is 7.22. The molecule has 0 spiro atoms. The molecule has 7 nitrogen and oxygen atoms in total. The zero-order valence-electron chi connectivity index (χ0n) is 15.0. The number of imidazole rings is 1. The SMILES string of the molecule is O=C(O)C1CCO[C@H]1C1CCN(C(=O)c2ccc(-n3ccnc3)cc2)CC1. The summed E-state index contributed by atoms with van der Waals surface area (Å²) in [6, 6.07) is 7.49. The zero-order chi connectivity index (χ0) is 18.8. The molecule has 1 amide bonds. The fraction of sp³-hybridized carbons (Fsp3) is 0.450. The summed E-state index contributed by atoms with van der Waals surface area (Å²) in [4.78, 5) is 30.0. The number of carboxylic acids is 1. The van der Waals surface area contributed by atoms with Crippen molar-refractivity contribution in [2.75, 3.05) is 19.7 Å². The molecule has 1 N–H and O–H groups in total. The summed E-state index contributed by atoms with van der Waals surface area (Å²) in [5, 5.41) is 9.34. The molecule has 7 heteroatoms. The van der Waals surface area contributed by atoms with Gasteiger partial charge >= 0.3 is 5.97 Å². The highest BCUT2D eigenvalue weighted by Gasteiger charge is 2.40. The molecule has 2 aliphatic rings. The van der Waals surface area contributed by atoms with Crippen LogP contribution in [0.25, 0.3) is 5.69 Å². The number of benzene rings is 1. The minimum atomic E-state index is -0.769. The van der Waals surface area contributed by atoms with Crippen molar-refractivity contribution in [1.82, 2.24) is 14.5 Å². The van der Waals surface area contributed by atoms with E-state index in [0.29, 0.717) is 31.7 Å². The van der Waals surface area contributed by atoms with Crippen molar-refractivity contribution in [2.24, 2.45) is 11.8 Å². The lowest BCUT2D eigenvalue weighted by Crippen LogP contribution is -2.43. The van der Waals surface area contributed by atoms with E-state index in [1.807, 2.05) is 39.9 Å². The minimum absolute atomic E-state index is 0.0211. The molecule has 142 valence electrons. The molecule has 4 rings (SSSR count). The molecular formula is C20H23N3O4. The monoisotopic (exact) mass is 369 g/mol. The van der Waals surface area contributed by atoms with Crippen LogP contribution < -0.4 is 0 Å². The highest BCUT2D eigenvalue weighted by molar-refractivity contribution is 5.94. The van der Waals surface area contributed by atoms with E-state index in [-0.39, 0.29) is 17.9 Å². The Balaban J connectivity index is 1.36. The number of carbonyl (C=O) groups is 2. The van der Waals surface area contributed by atoms with Gasteiger partial charge in [0.15, 0.2) is 0 Å². The van der Waals surface area contributed by atoms with Crippen molar-refractivity contribution in [3.8, 4) is 5.69 Å². The Hall–Kier alpha value is -2.67. The summed E-state index contributed by atoms with van der Waals surface area (Å²) in [5.41, 5.74) is 1.62. The standard InChI is InChI=1S/C20H23N3O4/c24-19(15-1-3-16(4-2-15)23-11-8-21-13-23)22-9-5-14(6-10-22)18-17(20(25)26)7-12-27-18/h1-4,8,11,13-14,17-18H,5-7,9-10,12H2,(H,25,26)/t17?,18-/m0/s1. The van der Waals surface area contributed by atoms with Gasteiger partial charge in [0.2, 0.25) is 0 Å². The Morgan fingerprint density at radius 3 is 2.48 bits per heavy atom. The van der Waals surface area contributed by atoms with Crippen LogP contribution in [-0.2, 0) is 9.53 Å². The van der Waals surface area contributed by atoms with E-state index in [1.54, 1.807) is 12.5 Å². The number of carbonyl (C=O) groups excluding carboxylic acids is 1. The smallest absolute Gasteiger partial charge is 0.309 e. The molecule has 0 aliphatic carbocycles. The van der Waals surface area contributed by atoms with Gasteiger partial charge in [-0.2, -0.15) is 0 Å². The Labute approximate surface area is 157 Å². The number of hydrogen-bond donors (Lipinski definition) is 1. The van der Waals surface area contributed by atoms with Crippen molar-refractivity contribution >= 4 is 11.9 Å². The van der Waals surface area contributed by atoms with Crippen LogP contribution in [0, 0.1) is 11.8 Å². The van der Waals surface area contributed by atoms with E-state index in [9.17, 15) is 14.7 Å². The largest absolute Gasteiger partial charge is 0.481 e. The van der Waals surface area contributed by atoms with E-state index in [4.69, 9.17) is 4.74 Å². The van der Waals surface area contributed by atoms with E-state index in [0.717, 1.165) is 18.5 Å².